The first-order chi connectivity index (χ1) is 9.95. The van der Waals surface area contributed by atoms with Crippen LogP contribution in [-0.2, 0) is 24.3 Å². The molecule has 21 heavy (non-hydrogen) atoms. The van der Waals surface area contributed by atoms with Crippen molar-refractivity contribution in [1.29, 1.82) is 0 Å². The lowest BCUT2D eigenvalue weighted by Gasteiger charge is -2.08. The molecule has 0 amide bonds. The maximum Gasteiger partial charge on any atom is 0.320 e. The first-order valence-corrected chi connectivity index (χ1v) is 6.69. The van der Waals surface area contributed by atoms with Crippen molar-refractivity contribution in [2.45, 2.75) is 39.4 Å². The highest BCUT2D eigenvalue weighted by atomic mass is 16.4. The fourth-order valence-electron chi connectivity index (χ4n) is 1.88. The topological polar surface area (TPSA) is 125 Å². The molecule has 0 fully saturated rings. The number of carboxylic acid groups (broad SMARTS) is 1. The van der Waals surface area contributed by atoms with E-state index in [2.05, 4.69) is 34.2 Å². The molecule has 0 aliphatic carbocycles. The molecule has 0 bridgehead atoms. The minimum Gasteiger partial charge on any atom is -0.480 e. The average Bonchev–Trinajstić information content (AvgIpc) is 3.00. The van der Waals surface area contributed by atoms with E-state index in [1.54, 1.807) is 10.9 Å². The summed E-state index contributed by atoms with van der Waals surface area (Å²) in [6, 6.07) is -0.972. The maximum atomic E-state index is 10.7. The Hall–Kier alpha value is -2.29. The SMILES string of the molecule is CC(C)Cn1ncnc1Cn1cc(CC(N)C(=O)O)nn1. The molecule has 3 N–H and O–H groups in total. The van der Waals surface area contributed by atoms with E-state index in [4.69, 9.17) is 10.8 Å². The van der Waals surface area contributed by atoms with E-state index in [9.17, 15) is 4.79 Å². The molecule has 2 heterocycles. The Kier molecular flexibility index (Phi) is 4.63. The monoisotopic (exact) mass is 293 g/mol. The summed E-state index contributed by atoms with van der Waals surface area (Å²) in [5, 5.41) is 20.8. The lowest BCUT2D eigenvalue weighted by Crippen LogP contribution is -2.32. The molecule has 0 radical (unpaired) electrons. The smallest absolute Gasteiger partial charge is 0.320 e. The Bertz CT molecular complexity index is 604. The normalized spacial score (nSPS) is 12.8. The Morgan fingerprint density at radius 1 is 1.48 bits per heavy atom. The Labute approximate surface area is 121 Å². The lowest BCUT2D eigenvalue weighted by molar-refractivity contribution is -0.138. The maximum absolute atomic E-state index is 10.7. The van der Waals surface area contributed by atoms with Crippen LogP contribution >= 0.6 is 0 Å². The van der Waals surface area contributed by atoms with Gasteiger partial charge >= 0.3 is 5.97 Å². The molecule has 114 valence electrons. The van der Waals surface area contributed by atoms with E-state index < -0.39 is 12.0 Å². The highest BCUT2D eigenvalue weighted by Gasteiger charge is 2.15. The minimum atomic E-state index is -1.05. The van der Waals surface area contributed by atoms with Gasteiger partial charge in [-0.2, -0.15) is 5.10 Å². The van der Waals surface area contributed by atoms with E-state index in [0.717, 1.165) is 12.4 Å². The van der Waals surface area contributed by atoms with Crippen molar-refractivity contribution >= 4 is 5.97 Å². The minimum absolute atomic E-state index is 0.147. The Balaban J connectivity index is 2.02. The number of hydrogen-bond acceptors (Lipinski definition) is 6. The van der Waals surface area contributed by atoms with Crippen molar-refractivity contribution in [1.82, 2.24) is 29.8 Å². The van der Waals surface area contributed by atoms with Gasteiger partial charge in [0.05, 0.1) is 5.69 Å². The molecule has 9 heteroatoms. The van der Waals surface area contributed by atoms with Gasteiger partial charge in [0, 0.05) is 19.2 Å². The van der Waals surface area contributed by atoms with Gasteiger partial charge in [-0.1, -0.05) is 19.1 Å². The zero-order valence-corrected chi connectivity index (χ0v) is 12.0. The van der Waals surface area contributed by atoms with Gasteiger partial charge in [-0.05, 0) is 5.92 Å². The van der Waals surface area contributed by atoms with Crippen LogP contribution in [0.5, 0.6) is 0 Å². The van der Waals surface area contributed by atoms with Crippen LogP contribution in [0.25, 0.3) is 0 Å². The summed E-state index contributed by atoms with van der Waals surface area (Å²) in [5.41, 5.74) is 6.01. The molecular formula is C12H19N7O2. The summed E-state index contributed by atoms with van der Waals surface area (Å²) in [4.78, 5) is 14.9. The lowest BCUT2D eigenvalue weighted by atomic mass is 10.2. The highest BCUT2D eigenvalue weighted by molar-refractivity contribution is 5.73. The van der Waals surface area contributed by atoms with E-state index in [1.807, 2.05) is 4.68 Å². The zero-order valence-electron chi connectivity index (χ0n) is 12.0. The fraction of sp³-hybridized carbons (Fsp3) is 0.583. The van der Waals surface area contributed by atoms with Gasteiger partial charge in [-0.25, -0.2) is 14.3 Å². The molecule has 1 atom stereocenters. The van der Waals surface area contributed by atoms with Gasteiger partial charge in [-0.15, -0.1) is 5.10 Å². The summed E-state index contributed by atoms with van der Waals surface area (Å²) in [6.45, 7) is 5.42. The predicted octanol–water partition coefficient (Wildman–Crippen LogP) is -0.472. The number of hydrogen-bond donors (Lipinski definition) is 2. The molecule has 2 rings (SSSR count). The molecule has 0 saturated carbocycles. The van der Waals surface area contributed by atoms with Crippen LogP contribution in [0.3, 0.4) is 0 Å². The molecule has 2 aromatic rings. The standard InChI is InChI=1S/C12H19N7O2/c1-8(2)4-19-11(14-7-15-19)6-18-5-9(16-17-18)3-10(13)12(20)21/h5,7-8,10H,3-4,6,13H2,1-2H3,(H,20,21). The van der Waals surface area contributed by atoms with E-state index in [1.165, 1.54) is 6.33 Å². The quantitative estimate of drug-likeness (QED) is 0.706. The number of rotatable bonds is 7. The zero-order chi connectivity index (χ0) is 15.4. The van der Waals surface area contributed by atoms with Gasteiger partial charge in [0.15, 0.2) is 0 Å². The molecule has 2 aromatic heterocycles. The van der Waals surface area contributed by atoms with Crippen molar-refractivity contribution in [2.24, 2.45) is 11.7 Å². The number of nitrogens with two attached hydrogens (primary N) is 1. The third-order valence-electron chi connectivity index (χ3n) is 2.87. The number of aliphatic carboxylic acids is 1. The van der Waals surface area contributed by atoms with Crippen molar-refractivity contribution < 1.29 is 9.90 Å². The second kappa shape index (κ2) is 6.44. The van der Waals surface area contributed by atoms with Crippen molar-refractivity contribution in [3.63, 3.8) is 0 Å². The summed E-state index contributed by atoms with van der Waals surface area (Å²) in [5.74, 6) is 0.189. The van der Waals surface area contributed by atoms with Gasteiger partial charge in [0.1, 0.15) is 24.7 Å². The van der Waals surface area contributed by atoms with Gasteiger partial charge in [0.25, 0.3) is 0 Å². The molecule has 0 aliphatic heterocycles. The van der Waals surface area contributed by atoms with E-state index in [-0.39, 0.29) is 6.42 Å². The molecule has 0 aliphatic rings. The van der Waals surface area contributed by atoms with Gasteiger partial charge in [-0.3, -0.25) is 4.79 Å². The van der Waals surface area contributed by atoms with Gasteiger partial charge in [0.2, 0.25) is 0 Å². The second-order valence-corrected chi connectivity index (χ2v) is 5.31. The van der Waals surface area contributed by atoms with E-state index in [0.29, 0.717) is 18.2 Å². The van der Waals surface area contributed by atoms with Crippen LogP contribution in [0.2, 0.25) is 0 Å². The van der Waals surface area contributed by atoms with Gasteiger partial charge < -0.3 is 10.8 Å². The van der Waals surface area contributed by atoms with Crippen molar-refractivity contribution in [2.75, 3.05) is 0 Å². The number of carbonyl (C=O) groups is 1. The fourth-order valence-corrected chi connectivity index (χ4v) is 1.88. The summed E-state index contributed by atoms with van der Waals surface area (Å²) >= 11 is 0. The van der Waals surface area contributed by atoms with Crippen LogP contribution in [0.4, 0.5) is 0 Å². The van der Waals surface area contributed by atoms with Crippen molar-refractivity contribution in [3.05, 3.63) is 24.0 Å². The van der Waals surface area contributed by atoms with Crippen LogP contribution in [0, 0.1) is 5.92 Å². The predicted molar refractivity (Wildman–Crippen MR) is 73.3 cm³/mol. The van der Waals surface area contributed by atoms with Crippen LogP contribution in [0.15, 0.2) is 12.5 Å². The van der Waals surface area contributed by atoms with E-state index >= 15 is 0 Å². The summed E-state index contributed by atoms with van der Waals surface area (Å²) in [7, 11) is 0. The Morgan fingerprint density at radius 2 is 2.24 bits per heavy atom. The molecule has 9 nitrogen and oxygen atoms in total. The first-order valence-electron chi connectivity index (χ1n) is 6.69. The highest BCUT2D eigenvalue weighted by Crippen LogP contribution is 2.04. The molecule has 0 spiro atoms. The number of carboxylic acids is 1. The average molecular weight is 293 g/mol. The van der Waals surface area contributed by atoms with Crippen LogP contribution in [0.1, 0.15) is 25.4 Å². The summed E-state index contributed by atoms with van der Waals surface area (Å²) in [6.07, 6.45) is 3.33. The third-order valence-corrected chi connectivity index (χ3v) is 2.87. The number of aromatic nitrogens is 6. The van der Waals surface area contributed by atoms with Crippen LogP contribution < -0.4 is 5.73 Å². The van der Waals surface area contributed by atoms with Crippen LogP contribution in [-0.4, -0.2) is 46.9 Å². The third kappa shape index (κ3) is 4.09. The molecule has 0 aromatic carbocycles. The first kappa shape index (κ1) is 15.1. The molecule has 1 unspecified atom stereocenters. The molecule has 0 saturated heterocycles. The largest absolute Gasteiger partial charge is 0.480 e. The second-order valence-electron chi connectivity index (χ2n) is 5.31. The molecular weight excluding hydrogens is 274 g/mol. The summed E-state index contributed by atoms with van der Waals surface area (Å²) < 4.78 is 3.43. The Morgan fingerprint density at radius 3 is 2.90 bits per heavy atom. The van der Waals surface area contributed by atoms with Crippen molar-refractivity contribution in [3.8, 4) is 0 Å². The number of nitrogens with zero attached hydrogens (tertiary/aromatic N) is 6.